The highest BCUT2D eigenvalue weighted by Crippen LogP contribution is 2.33. The molecule has 0 saturated heterocycles. The first-order valence-corrected chi connectivity index (χ1v) is 5.46. The van der Waals surface area contributed by atoms with E-state index < -0.39 is 29.3 Å². The molecule has 0 aliphatic heterocycles. The van der Waals surface area contributed by atoms with Crippen LogP contribution in [-0.4, -0.2) is 41.5 Å². The molecule has 0 heterocycles. The summed E-state index contributed by atoms with van der Waals surface area (Å²) >= 11 is 0. The number of carbonyl (C=O) groups is 2. The van der Waals surface area contributed by atoms with Gasteiger partial charge in [0.1, 0.15) is 11.1 Å². The van der Waals surface area contributed by atoms with Crippen LogP contribution in [0.1, 0.15) is 33.6 Å². The summed E-state index contributed by atoms with van der Waals surface area (Å²) in [6, 6.07) is 0. The summed E-state index contributed by atoms with van der Waals surface area (Å²) in [6.07, 6.45) is -0.975. The Morgan fingerprint density at radius 1 is 1.35 bits per heavy atom. The zero-order valence-electron chi connectivity index (χ0n) is 10.6. The number of methoxy groups -OCH3 is 1. The lowest BCUT2D eigenvalue weighted by Crippen LogP contribution is -2.65. The summed E-state index contributed by atoms with van der Waals surface area (Å²) in [5, 5.41) is 11.7. The largest absolute Gasteiger partial charge is 0.467 e. The number of ether oxygens (including phenoxy) is 2. The third kappa shape index (κ3) is 3.33. The molecule has 6 heteroatoms. The maximum absolute atomic E-state index is 11.6. The van der Waals surface area contributed by atoms with Crippen molar-refractivity contribution < 1.29 is 24.2 Å². The predicted molar refractivity (Wildman–Crippen MR) is 59.4 cm³/mol. The van der Waals surface area contributed by atoms with Crippen LogP contribution in [0.15, 0.2) is 0 Å². The molecule has 0 bridgehead atoms. The summed E-state index contributed by atoms with van der Waals surface area (Å²) in [5.41, 5.74) is -1.78. The van der Waals surface area contributed by atoms with E-state index in [1.54, 1.807) is 20.8 Å². The minimum absolute atomic E-state index is 0.152. The van der Waals surface area contributed by atoms with Gasteiger partial charge in [0.25, 0.3) is 0 Å². The van der Waals surface area contributed by atoms with Crippen molar-refractivity contribution in [2.45, 2.75) is 50.9 Å². The van der Waals surface area contributed by atoms with Gasteiger partial charge in [0.15, 0.2) is 0 Å². The van der Waals surface area contributed by atoms with Crippen molar-refractivity contribution in [3.8, 4) is 0 Å². The standard InChI is InChI=1S/C11H19NO5/c1-10(2,3)17-9(15)12-11(8(14)16-4)5-7(13)6-11/h7,13H,5-6H2,1-4H3,(H,12,15). The summed E-state index contributed by atoms with van der Waals surface area (Å²) in [5.74, 6) is -0.561. The van der Waals surface area contributed by atoms with E-state index in [2.05, 4.69) is 10.1 Å². The van der Waals surface area contributed by atoms with Crippen LogP contribution in [0.5, 0.6) is 0 Å². The second kappa shape index (κ2) is 4.52. The fourth-order valence-electron chi connectivity index (χ4n) is 1.76. The first-order valence-electron chi connectivity index (χ1n) is 5.46. The molecule has 98 valence electrons. The molecule has 1 saturated carbocycles. The molecule has 0 atom stereocenters. The third-order valence-corrected chi connectivity index (χ3v) is 2.48. The average molecular weight is 245 g/mol. The summed E-state index contributed by atoms with van der Waals surface area (Å²) in [4.78, 5) is 23.1. The van der Waals surface area contributed by atoms with Crippen molar-refractivity contribution in [1.29, 1.82) is 0 Å². The van der Waals surface area contributed by atoms with Gasteiger partial charge in [0, 0.05) is 12.8 Å². The molecule has 6 nitrogen and oxygen atoms in total. The number of rotatable bonds is 2. The maximum Gasteiger partial charge on any atom is 0.408 e. The van der Waals surface area contributed by atoms with Crippen LogP contribution in [0.3, 0.4) is 0 Å². The van der Waals surface area contributed by atoms with Crippen molar-refractivity contribution in [3.63, 3.8) is 0 Å². The fourth-order valence-corrected chi connectivity index (χ4v) is 1.76. The van der Waals surface area contributed by atoms with E-state index in [1.165, 1.54) is 7.11 Å². The zero-order chi connectivity index (χ0) is 13.3. The number of esters is 1. The molecule has 0 spiro atoms. The van der Waals surface area contributed by atoms with Crippen LogP contribution in [0.25, 0.3) is 0 Å². The Morgan fingerprint density at radius 3 is 2.24 bits per heavy atom. The lowest BCUT2D eigenvalue weighted by atomic mass is 9.74. The molecule has 1 rings (SSSR count). The van der Waals surface area contributed by atoms with Gasteiger partial charge in [-0.2, -0.15) is 0 Å². The Kier molecular flexibility index (Phi) is 3.66. The summed E-state index contributed by atoms with van der Waals surface area (Å²) < 4.78 is 9.68. The number of carbonyl (C=O) groups excluding carboxylic acids is 2. The molecule has 17 heavy (non-hydrogen) atoms. The van der Waals surface area contributed by atoms with Crippen molar-refractivity contribution in [3.05, 3.63) is 0 Å². The molecule has 0 aromatic carbocycles. The molecule has 0 unspecified atom stereocenters. The monoisotopic (exact) mass is 245 g/mol. The van der Waals surface area contributed by atoms with Crippen molar-refractivity contribution >= 4 is 12.1 Å². The van der Waals surface area contributed by atoms with Crippen LogP contribution >= 0.6 is 0 Å². The topological polar surface area (TPSA) is 84.9 Å². The first-order chi connectivity index (χ1) is 7.68. The number of hydrogen-bond acceptors (Lipinski definition) is 5. The lowest BCUT2D eigenvalue weighted by Gasteiger charge is -2.42. The number of nitrogens with one attached hydrogen (secondary N) is 1. The SMILES string of the molecule is COC(=O)C1(NC(=O)OC(C)(C)C)CC(O)C1. The van der Waals surface area contributed by atoms with E-state index in [0.717, 1.165) is 0 Å². The number of aliphatic hydroxyl groups excluding tert-OH is 1. The molecule has 2 N–H and O–H groups in total. The van der Waals surface area contributed by atoms with Crippen molar-refractivity contribution in [1.82, 2.24) is 5.32 Å². The smallest absolute Gasteiger partial charge is 0.408 e. The Hall–Kier alpha value is -1.30. The minimum Gasteiger partial charge on any atom is -0.467 e. The Morgan fingerprint density at radius 2 is 1.88 bits per heavy atom. The minimum atomic E-state index is -1.14. The molecule has 0 aromatic heterocycles. The normalized spacial score (nSPS) is 27.9. The summed E-state index contributed by atoms with van der Waals surface area (Å²) in [6.45, 7) is 5.19. The van der Waals surface area contributed by atoms with Gasteiger partial charge in [0.2, 0.25) is 0 Å². The average Bonchev–Trinajstić information content (AvgIpc) is 2.10. The van der Waals surface area contributed by atoms with Crippen LogP contribution in [0, 0.1) is 0 Å². The van der Waals surface area contributed by atoms with Crippen LogP contribution in [0.4, 0.5) is 4.79 Å². The highest BCUT2D eigenvalue weighted by molar-refractivity contribution is 5.87. The summed E-state index contributed by atoms with van der Waals surface area (Å²) in [7, 11) is 1.24. The van der Waals surface area contributed by atoms with E-state index in [1.807, 2.05) is 0 Å². The van der Waals surface area contributed by atoms with E-state index in [-0.39, 0.29) is 12.8 Å². The fraction of sp³-hybridized carbons (Fsp3) is 0.818. The number of aliphatic hydroxyl groups is 1. The second-order valence-corrected chi connectivity index (χ2v) is 5.26. The van der Waals surface area contributed by atoms with E-state index in [4.69, 9.17) is 4.74 Å². The predicted octanol–water partition coefficient (Wildman–Crippen LogP) is 0.578. The maximum atomic E-state index is 11.6. The van der Waals surface area contributed by atoms with Crippen molar-refractivity contribution in [2.75, 3.05) is 7.11 Å². The second-order valence-electron chi connectivity index (χ2n) is 5.26. The molecule has 1 aliphatic carbocycles. The van der Waals surface area contributed by atoms with Gasteiger partial charge in [-0.15, -0.1) is 0 Å². The van der Waals surface area contributed by atoms with Gasteiger partial charge in [-0.05, 0) is 20.8 Å². The Balaban J connectivity index is 2.63. The molecule has 1 amide bonds. The number of amides is 1. The van der Waals surface area contributed by atoms with Gasteiger partial charge in [-0.3, -0.25) is 0 Å². The Labute approximate surface area is 100 Å². The lowest BCUT2D eigenvalue weighted by molar-refractivity contribution is -0.158. The van der Waals surface area contributed by atoms with Gasteiger partial charge < -0.3 is 19.9 Å². The number of alkyl carbamates (subject to hydrolysis) is 1. The van der Waals surface area contributed by atoms with Crippen LogP contribution < -0.4 is 5.32 Å². The van der Waals surface area contributed by atoms with E-state index in [0.29, 0.717) is 0 Å². The molecule has 1 aliphatic rings. The highest BCUT2D eigenvalue weighted by Gasteiger charge is 2.52. The number of hydrogen-bond donors (Lipinski definition) is 2. The quantitative estimate of drug-likeness (QED) is 0.695. The van der Waals surface area contributed by atoms with Gasteiger partial charge >= 0.3 is 12.1 Å². The van der Waals surface area contributed by atoms with Gasteiger partial charge in [-0.1, -0.05) is 0 Å². The molecule has 1 fully saturated rings. The third-order valence-electron chi connectivity index (χ3n) is 2.48. The van der Waals surface area contributed by atoms with Gasteiger partial charge in [0.05, 0.1) is 13.2 Å². The molecule has 0 radical (unpaired) electrons. The van der Waals surface area contributed by atoms with E-state index >= 15 is 0 Å². The van der Waals surface area contributed by atoms with Crippen molar-refractivity contribution in [2.24, 2.45) is 0 Å². The van der Waals surface area contributed by atoms with E-state index in [9.17, 15) is 14.7 Å². The zero-order valence-corrected chi connectivity index (χ0v) is 10.6. The van der Waals surface area contributed by atoms with Crippen LogP contribution in [-0.2, 0) is 14.3 Å². The Bertz CT molecular complexity index is 314. The first kappa shape index (κ1) is 13.8. The molecular weight excluding hydrogens is 226 g/mol. The van der Waals surface area contributed by atoms with Crippen LogP contribution in [0.2, 0.25) is 0 Å². The molecule has 0 aromatic rings. The van der Waals surface area contributed by atoms with Gasteiger partial charge in [-0.25, -0.2) is 9.59 Å². The highest BCUT2D eigenvalue weighted by atomic mass is 16.6. The molecular formula is C11H19NO5.